The fraction of sp³-hybridized carbons (Fsp3) is 0.500. The van der Waals surface area contributed by atoms with Crippen LogP contribution in [0.4, 0.5) is 0 Å². The first kappa shape index (κ1) is 9.31. The van der Waals surface area contributed by atoms with E-state index in [-0.39, 0.29) is 0 Å². The van der Waals surface area contributed by atoms with Crippen LogP contribution in [0.5, 0.6) is 0 Å². The summed E-state index contributed by atoms with van der Waals surface area (Å²) in [7, 11) is 0. The normalized spacial score (nSPS) is 28.0. The van der Waals surface area contributed by atoms with Crippen LogP contribution >= 0.6 is 0 Å². The van der Waals surface area contributed by atoms with Gasteiger partial charge in [-0.2, -0.15) is 0 Å². The fourth-order valence-corrected chi connectivity index (χ4v) is 1.29. The average Bonchev–Trinajstić information content (AvgIpc) is 2.05. The second-order valence-corrected chi connectivity index (χ2v) is 3.16. The average molecular weight is 162 g/mol. The molecule has 0 heteroatoms. The highest BCUT2D eigenvalue weighted by Gasteiger charge is 1.82. The molecule has 0 atom stereocenters. The van der Waals surface area contributed by atoms with E-state index in [4.69, 9.17) is 0 Å². The van der Waals surface area contributed by atoms with Crippen LogP contribution < -0.4 is 0 Å². The standard InChI is InChI=1S/C12H18/c1-2-4-6-8-10-12-11-9-7-5-3-1/h1-2,5,7-8,10H,3-4,6,9,11-12H2/b2-1+,7-5+,10-8+. The van der Waals surface area contributed by atoms with Gasteiger partial charge in [0, 0.05) is 0 Å². The first-order chi connectivity index (χ1) is 6.00. The van der Waals surface area contributed by atoms with E-state index in [0.717, 1.165) is 6.42 Å². The molecule has 66 valence electrons. The summed E-state index contributed by atoms with van der Waals surface area (Å²) in [5, 5.41) is 0. The molecule has 0 aromatic carbocycles. The maximum atomic E-state index is 2.31. The third kappa shape index (κ3) is 4.95. The molecule has 1 aliphatic rings. The molecule has 1 rings (SSSR count). The molecule has 0 aromatic rings. The van der Waals surface area contributed by atoms with Crippen LogP contribution in [0.2, 0.25) is 0 Å². The van der Waals surface area contributed by atoms with Crippen LogP contribution in [0.15, 0.2) is 36.5 Å². The zero-order valence-electron chi connectivity index (χ0n) is 7.71. The molecule has 12 heavy (non-hydrogen) atoms. The van der Waals surface area contributed by atoms with Gasteiger partial charge in [-0.05, 0) is 38.5 Å². The number of allylic oxidation sites excluding steroid dienone is 6. The van der Waals surface area contributed by atoms with Crippen LogP contribution in [0.1, 0.15) is 38.5 Å². The Labute approximate surface area is 75.7 Å². The summed E-state index contributed by atoms with van der Waals surface area (Å²) in [4.78, 5) is 0. The first-order valence-corrected chi connectivity index (χ1v) is 4.95. The SMILES string of the molecule is C1=C/CC/C=C/CCC/C=C/C/1. The molecule has 0 amide bonds. The van der Waals surface area contributed by atoms with E-state index in [9.17, 15) is 0 Å². The summed E-state index contributed by atoms with van der Waals surface area (Å²) < 4.78 is 0. The molecule has 0 saturated carbocycles. The van der Waals surface area contributed by atoms with Gasteiger partial charge in [0.1, 0.15) is 0 Å². The molecule has 0 heterocycles. The van der Waals surface area contributed by atoms with Gasteiger partial charge < -0.3 is 0 Å². The van der Waals surface area contributed by atoms with Crippen LogP contribution in [0, 0.1) is 0 Å². The summed E-state index contributed by atoms with van der Waals surface area (Å²) in [6, 6.07) is 0. The lowest BCUT2D eigenvalue weighted by atomic mass is 10.1. The monoisotopic (exact) mass is 162 g/mol. The lowest BCUT2D eigenvalue weighted by Crippen LogP contribution is -1.72. The summed E-state index contributed by atoms with van der Waals surface area (Å²) in [6.45, 7) is 0. The van der Waals surface area contributed by atoms with E-state index in [0.29, 0.717) is 0 Å². The minimum absolute atomic E-state index is 1.11. The largest absolute Gasteiger partial charge is 0.0885 e. The highest BCUT2D eigenvalue weighted by Crippen LogP contribution is 2.03. The quantitative estimate of drug-likeness (QED) is 0.472. The highest BCUT2D eigenvalue weighted by atomic mass is 13.9. The third-order valence-electron chi connectivity index (χ3n) is 2.01. The van der Waals surface area contributed by atoms with Crippen molar-refractivity contribution in [3.8, 4) is 0 Å². The molecule has 0 unspecified atom stereocenters. The van der Waals surface area contributed by atoms with Gasteiger partial charge in [-0.25, -0.2) is 0 Å². The topological polar surface area (TPSA) is 0 Å². The lowest BCUT2D eigenvalue weighted by molar-refractivity contribution is 0.859. The molecule has 0 spiro atoms. The molecule has 0 radical (unpaired) electrons. The highest BCUT2D eigenvalue weighted by molar-refractivity contribution is 4.95. The fourth-order valence-electron chi connectivity index (χ4n) is 1.29. The minimum Gasteiger partial charge on any atom is -0.0885 e. The smallest absolute Gasteiger partial charge is 0.0169 e. The van der Waals surface area contributed by atoms with Crippen molar-refractivity contribution in [2.24, 2.45) is 0 Å². The van der Waals surface area contributed by atoms with E-state index in [1.165, 1.54) is 32.1 Å². The Morgan fingerprint density at radius 2 is 1.00 bits per heavy atom. The number of rotatable bonds is 0. The number of hydrogen-bond donors (Lipinski definition) is 0. The molecular formula is C12H18. The zero-order valence-corrected chi connectivity index (χ0v) is 7.71. The maximum Gasteiger partial charge on any atom is -0.0169 e. The Bertz CT molecular complexity index is 172. The van der Waals surface area contributed by atoms with Gasteiger partial charge in [0.15, 0.2) is 0 Å². The van der Waals surface area contributed by atoms with Crippen molar-refractivity contribution in [3.63, 3.8) is 0 Å². The van der Waals surface area contributed by atoms with Crippen molar-refractivity contribution < 1.29 is 0 Å². The molecular weight excluding hydrogens is 144 g/mol. The summed E-state index contributed by atoms with van der Waals surface area (Å²) in [5.74, 6) is 0. The van der Waals surface area contributed by atoms with Crippen molar-refractivity contribution in [3.05, 3.63) is 36.5 Å². The van der Waals surface area contributed by atoms with Crippen LogP contribution in [-0.2, 0) is 0 Å². The molecule has 0 bridgehead atoms. The summed E-state index contributed by atoms with van der Waals surface area (Å²) >= 11 is 0. The minimum atomic E-state index is 1.11. The second-order valence-electron chi connectivity index (χ2n) is 3.16. The molecule has 0 saturated heterocycles. The van der Waals surface area contributed by atoms with Crippen LogP contribution in [0.3, 0.4) is 0 Å². The van der Waals surface area contributed by atoms with E-state index in [2.05, 4.69) is 36.5 Å². The van der Waals surface area contributed by atoms with E-state index < -0.39 is 0 Å². The molecule has 0 N–H and O–H groups in total. The van der Waals surface area contributed by atoms with Crippen molar-refractivity contribution >= 4 is 0 Å². The predicted octanol–water partition coefficient (Wildman–Crippen LogP) is 4.01. The van der Waals surface area contributed by atoms with Gasteiger partial charge in [-0.1, -0.05) is 36.5 Å². The van der Waals surface area contributed by atoms with Crippen LogP contribution in [-0.4, -0.2) is 0 Å². The van der Waals surface area contributed by atoms with Crippen molar-refractivity contribution in [2.45, 2.75) is 38.5 Å². The molecule has 0 aliphatic heterocycles. The molecule has 0 nitrogen and oxygen atoms in total. The summed E-state index contributed by atoms with van der Waals surface area (Å²) in [5.41, 5.74) is 0. The van der Waals surface area contributed by atoms with Crippen molar-refractivity contribution in [1.82, 2.24) is 0 Å². The third-order valence-corrected chi connectivity index (χ3v) is 2.01. The Hall–Kier alpha value is -0.780. The summed E-state index contributed by atoms with van der Waals surface area (Å²) in [6.07, 6.45) is 21.0. The first-order valence-electron chi connectivity index (χ1n) is 4.95. The van der Waals surface area contributed by atoms with E-state index >= 15 is 0 Å². The predicted molar refractivity (Wildman–Crippen MR) is 55.1 cm³/mol. The molecule has 1 aliphatic carbocycles. The van der Waals surface area contributed by atoms with Gasteiger partial charge >= 0.3 is 0 Å². The van der Waals surface area contributed by atoms with Crippen LogP contribution in [0.25, 0.3) is 0 Å². The van der Waals surface area contributed by atoms with E-state index in [1.54, 1.807) is 0 Å². The Balaban J connectivity index is 2.30. The van der Waals surface area contributed by atoms with Crippen molar-refractivity contribution in [1.29, 1.82) is 0 Å². The van der Waals surface area contributed by atoms with Crippen molar-refractivity contribution in [2.75, 3.05) is 0 Å². The van der Waals surface area contributed by atoms with Gasteiger partial charge in [-0.3, -0.25) is 0 Å². The molecule has 0 fully saturated rings. The Morgan fingerprint density at radius 1 is 0.500 bits per heavy atom. The molecule has 0 aromatic heterocycles. The Kier molecular flexibility index (Phi) is 5.35. The van der Waals surface area contributed by atoms with E-state index in [1.807, 2.05) is 0 Å². The van der Waals surface area contributed by atoms with Gasteiger partial charge in [0.25, 0.3) is 0 Å². The lowest BCUT2D eigenvalue weighted by Gasteiger charge is -1.92. The zero-order chi connectivity index (χ0) is 8.49. The van der Waals surface area contributed by atoms with Gasteiger partial charge in [0.2, 0.25) is 0 Å². The Morgan fingerprint density at radius 3 is 1.75 bits per heavy atom. The maximum absolute atomic E-state index is 2.31. The van der Waals surface area contributed by atoms with Gasteiger partial charge in [0.05, 0.1) is 0 Å². The second kappa shape index (κ2) is 6.90. The number of hydrogen-bond acceptors (Lipinski definition) is 0. The van der Waals surface area contributed by atoms with Gasteiger partial charge in [-0.15, -0.1) is 0 Å².